The number of nitrogens with two attached hydrogens (primary N) is 1. The van der Waals surface area contributed by atoms with Crippen LogP contribution in [0.15, 0.2) is 52.3 Å². The van der Waals surface area contributed by atoms with Gasteiger partial charge in [0.2, 0.25) is 5.91 Å². The number of anilines is 2. The van der Waals surface area contributed by atoms with Gasteiger partial charge < -0.3 is 20.4 Å². The van der Waals surface area contributed by atoms with Crippen LogP contribution in [0.4, 0.5) is 15.9 Å². The van der Waals surface area contributed by atoms with Gasteiger partial charge in [-0.1, -0.05) is 43.6 Å². The number of carbonyl (C=O) groups is 1. The monoisotopic (exact) mass is 671 g/mol. The van der Waals surface area contributed by atoms with Crippen LogP contribution in [0.2, 0.25) is 10.0 Å². The van der Waals surface area contributed by atoms with Gasteiger partial charge in [-0.25, -0.2) is 18.7 Å². The van der Waals surface area contributed by atoms with Crippen LogP contribution in [0.1, 0.15) is 27.7 Å². The Labute approximate surface area is 276 Å². The molecule has 9 nitrogen and oxygen atoms in total. The lowest BCUT2D eigenvalue weighted by molar-refractivity contribution is -0.128. The van der Waals surface area contributed by atoms with Gasteiger partial charge in [0.15, 0.2) is 11.5 Å². The van der Waals surface area contributed by atoms with E-state index in [-0.39, 0.29) is 56.5 Å². The molecule has 238 valence electrons. The first kappa shape index (κ1) is 32.8. The zero-order valence-corrected chi connectivity index (χ0v) is 28.4. The van der Waals surface area contributed by atoms with Crippen LogP contribution in [-0.4, -0.2) is 75.3 Å². The van der Waals surface area contributed by atoms with E-state index in [0.717, 1.165) is 10.6 Å². The van der Waals surface area contributed by atoms with Crippen molar-refractivity contribution in [3.05, 3.63) is 73.9 Å². The number of benzene rings is 1. The van der Waals surface area contributed by atoms with Crippen molar-refractivity contribution < 1.29 is 9.18 Å². The number of piperazine rings is 1. The first-order valence-corrected chi connectivity index (χ1v) is 16.6. The Kier molecular flexibility index (Phi) is 9.26. The second-order valence-corrected chi connectivity index (χ2v) is 13.3. The van der Waals surface area contributed by atoms with Crippen LogP contribution < -0.4 is 16.3 Å². The van der Waals surface area contributed by atoms with Crippen molar-refractivity contribution >= 4 is 69.1 Å². The first-order chi connectivity index (χ1) is 21.3. The predicted molar refractivity (Wildman–Crippen MR) is 184 cm³/mol. The number of nitrogen functional groups attached to an aromatic ring is 1. The molecule has 45 heavy (non-hydrogen) atoms. The maximum atomic E-state index is 15.5. The van der Waals surface area contributed by atoms with E-state index in [4.69, 9.17) is 33.9 Å². The van der Waals surface area contributed by atoms with E-state index < -0.39 is 11.5 Å². The highest BCUT2D eigenvalue weighted by atomic mass is 35.5. The molecular weight excluding hydrogens is 636 g/mol. The van der Waals surface area contributed by atoms with Crippen molar-refractivity contribution in [2.75, 3.05) is 43.6 Å². The highest BCUT2D eigenvalue weighted by Gasteiger charge is 2.35. The first-order valence-electron chi connectivity index (χ1n) is 14.6. The van der Waals surface area contributed by atoms with E-state index in [2.05, 4.69) is 36.4 Å². The van der Waals surface area contributed by atoms with Gasteiger partial charge in [-0.05, 0) is 56.4 Å². The number of fused-ring (bicyclic) bond motifs is 1. The van der Waals surface area contributed by atoms with Crippen LogP contribution >= 0.6 is 35.0 Å². The normalized spacial score (nSPS) is 19.1. The van der Waals surface area contributed by atoms with Crippen LogP contribution in [-0.2, 0) is 4.79 Å². The summed E-state index contributed by atoms with van der Waals surface area (Å²) in [7, 11) is 1.98. The SMILES string of the molecule is C=CC(=O)N1C[C@H](C)N(c2nc(=O)n(C3=C(C(C)C)N(C)CC=C3SC)c3nc(-c4c(N)ccc(Cl)c4F)c(Cl)cc23)C[C@H]1C. The highest BCUT2D eigenvalue weighted by molar-refractivity contribution is 8.02. The quantitative estimate of drug-likeness (QED) is 0.247. The van der Waals surface area contributed by atoms with Gasteiger partial charge in [0, 0.05) is 55.1 Å². The smallest absolute Gasteiger partial charge is 0.355 e. The minimum absolute atomic E-state index is 0.0478. The van der Waals surface area contributed by atoms with Crippen molar-refractivity contribution in [3.8, 4) is 11.3 Å². The summed E-state index contributed by atoms with van der Waals surface area (Å²) >= 11 is 14.6. The number of hydrogen-bond donors (Lipinski definition) is 1. The highest BCUT2D eigenvalue weighted by Crippen LogP contribution is 2.41. The Bertz CT molecular complexity index is 1840. The maximum absolute atomic E-state index is 15.5. The van der Waals surface area contributed by atoms with Crippen LogP contribution in [0.3, 0.4) is 0 Å². The molecule has 0 radical (unpaired) electrons. The molecule has 3 aromatic rings. The molecule has 1 amide bonds. The molecule has 2 atom stereocenters. The zero-order chi connectivity index (χ0) is 32.9. The van der Waals surface area contributed by atoms with Crippen LogP contribution in [0.25, 0.3) is 28.0 Å². The maximum Gasteiger partial charge on any atom is 0.355 e. The topological polar surface area (TPSA) is 101 Å². The summed E-state index contributed by atoms with van der Waals surface area (Å²) in [5.74, 6) is -0.499. The van der Waals surface area contributed by atoms with E-state index in [9.17, 15) is 9.59 Å². The number of carbonyl (C=O) groups excluding carboxylic acids is 1. The van der Waals surface area contributed by atoms with Gasteiger partial charge in [0.25, 0.3) is 0 Å². The van der Waals surface area contributed by atoms with Gasteiger partial charge in [-0.15, -0.1) is 11.8 Å². The van der Waals surface area contributed by atoms with Crippen molar-refractivity contribution in [2.24, 2.45) is 5.92 Å². The Morgan fingerprint density at radius 3 is 2.53 bits per heavy atom. The lowest BCUT2D eigenvalue weighted by Gasteiger charge is -2.44. The Morgan fingerprint density at radius 1 is 1.18 bits per heavy atom. The van der Waals surface area contributed by atoms with Crippen molar-refractivity contribution in [1.29, 1.82) is 0 Å². The fourth-order valence-corrected chi connectivity index (χ4v) is 7.23. The van der Waals surface area contributed by atoms with E-state index >= 15 is 4.39 Å². The summed E-state index contributed by atoms with van der Waals surface area (Å²) in [6.45, 7) is 13.1. The lowest BCUT2D eigenvalue weighted by atomic mass is 10.0. The molecule has 4 heterocycles. The summed E-state index contributed by atoms with van der Waals surface area (Å²) in [5.41, 5.74) is 7.64. The number of rotatable bonds is 6. The van der Waals surface area contributed by atoms with Crippen LogP contribution in [0.5, 0.6) is 0 Å². The number of nitrogens with zero attached hydrogens (tertiary/aromatic N) is 6. The summed E-state index contributed by atoms with van der Waals surface area (Å²) in [4.78, 5) is 43.2. The van der Waals surface area contributed by atoms with Crippen LogP contribution in [0, 0.1) is 11.7 Å². The third-order valence-electron chi connectivity index (χ3n) is 8.31. The predicted octanol–water partition coefficient (Wildman–Crippen LogP) is 6.12. The minimum Gasteiger partial charge on any atom is -0.398 e. The molecule has 0 saturated carbocycles. The molecule has 0 unspecified atom stereocenters. The Hall–Kier alpha value is -3.54. The van der Waals surface area contributed by atoms with E-state index in [1.54, 1.807) is 11.0 Å². The minimum atomic E-state index is -0.761. The molecule has 0 spiro atoms. The summed E-state index contributed by atoms with van der Waals surface area (Å²) in [5, 5.41) is 0.478. The number of thioether (sulfide) groups is 1. The van der Waals surface area contributed by atoms with Crippen molar-refractivity contribution in [2.45, 2.75) is 39.8 Å². The fourth-order valence-electron chi connectivity index (χ4n) is 6.19. The van der Waals surface area contributed by atoms with Crippen molar-refractivity contribution in [1.82, 2.24) is 24.3 Å². The molecule has 1 aromatic carbocycles. The number of aromatic nitrogens is 3. The van der Waals surface area contributed by atoms with E-state index in [0.29, 0.717) is 36.5 Å². The number of amides is 1. The second-order valence-electron chi connectivity index (χ2n) is 11.7. The molecule has 2 aliphatic heterocycles. The molecule has 2 N–H and O–H groups in total. The Balaban J connectivity index is 1.88. The van der Waals surface area contributed by atoms with Gasteiger partial charge in [0.1, 0.15) is 5.82 Å². The molecule has 1 fully saturated rings. The van der Waals surface area contributed by atoms with Gasteiger partial charge in [-0.3, -0.25) is 4.79 Å². The average Bonchev–Trinajstić information content (AvgIpc) is 2.99. The molecule has 13 heteroatoms. The number of likely N-dealkylation sites (N-methyl/N-ethyl adjacent to an activating group) is 1. The van der Waals surface area contributed by atoms with E-state index in [1.807, 2.05) is 32.1 Å². The van der Waals surface area contributed by atoms with Gasteiger partial charge >= 0.3 is 5.69 Å². The third-order valence-corrected chi connectivity index (χ3v) is 9.69. The molecule has 5 rings (SSSR count). The molecular formula is C32H36Cl2FN7O2S. The molecule has 2 aromatic heterocycles. The number of allylic oxidation sites excluding steroid dienone is 2. The van der Waals surface area contributed by atoms with E-state index in [1.165, 1.54) is 34.5 Å². The summed E-state index contributed by atoms with van der Waals surface area (Å²) in [6.07, 6.45) is 5.32. The number of pyridine rings is 1. The summed E-state index contributed by atoms with van der Waals surface area (Å²) in [6, 6.07) is 4.12. The van der Waals surface area contributed by atoms with Gasteiger partial charge in [0.05, 0.1) is 32.4 Å². The lowest BCUT2D eigenvalue weighted by Crippen LogP contribution is -2.58. The summed E-state index contributed by atoms with van der Waals surface area (Å²) < 4.78 is 17.0. The molecule has 0 bridgehead atoms. The third kappa shape index (κ3) is 5.70. The zero-order valence-electron chi connectivity index (χ0n) is 26.1. The standard InChI is InChI=1S/C32H36Cl2FN7O2S/c1-8-24(43)40-14-18(5)41(15-17(40)4)30-19-13-21(34)27(25-22(36)10-9-20(33)26(25)35)37-31(19)42(32(44)38-30)29-23(45-7)11-12-39(6)28(29)16(2)3/h8-11,13,16-18H,1,12,14-15,36H2,2-7H3/t17-,18+/m1/s1. The molecule has 0 aliphatic carbocycles. The average molecular weight is 673 g/mol. The number of halogens is 3. The second kappa shape index (κ2) is 12.7. The van der Waals surface area contributed by atoms with Gasteiger partial charge in [-0.2, -0.15) is 4.98 Å². The number of hydrogen-bond acceptors (Lipinski definition) is 8. The Morgan fingerprint density at radius 2 is 1.89 bits per heavy atom. The van der Waals surface area contributed by atoms with Crippen molar-refractivity contribution in [3.63, 3.8) is 0 Å². The molecule has 2 aliphatic rings. The largest absolute Gasteiger partial charge is 0.398 e. The molecule has 1 saturated heterocycles. The fraction of sp³-hybridized carbons (Fsp3) is 0.375.